The fourth-order valence-corrected chi connectivity index (χ4v) is 2.39. The summed E-state index contributed by atoms with van der Waals surface area (Å²) >= 11 is 0. The predicted octanol–water partition coefficient (Wildman–Crippen LogP) is 3.48. The van der Waals surface area contributed by atoms with E-state index in [0.29, 0.717) is 34.0 Å². The molecule has 3 amide bonds. The largest absolute Gasteiger partial charge is 0.462 e. The molecule has 0 radical (unpaired) electrons. The Labute approximate surface area is 157 Å². The summed E-state index contributed by atoms with van der Waals surface area (Å²) in [4.78, 5) is 39.6. The highest BCUT2D eigenvalue weighted by Crippen LogP contribution is 2.19. The van der Waals surface area contributed by atoms with E-state index in [2.05, 4.69) is 20.9 Å². The topological polar surface area (TPSA) is 109 Å². The van der Waals surface area contributed by atoms with Crippen LogP contribution in [-0.4, -0.2) is 29.5 Å². The van der Waals surface area contributed by atoms with Crippen LogP contribution in [0, 0.1) is 13.8 Å². The zero-order valence-electron chi connectivity index (χ0n) is 15.7. The van der Waals surface area contributed by atoms with Crippen LogP contribution < -0.4 is 16.0 Å². The van der Waals surface area contributed by atoms with Crippen molar-refractivity contribution in [1.29, 1.82) is 0 Å². The maximum Gasteiger partial charge on any atom is 0.340 e. The minimum atomic E-state index is -0.487. The lowest BCUT2D eigenvalue weighted by Gasteiger charge is -2.13. The highest BCUT2D eigenvalue weighted by Gasteiger charge is 2.15. The lowest BCUT2D eigenvalue weighted by Crippen LogP contribution is -2.21. The summed E-state index contributed by atoms with van der Waals surface area (Å²) in [7, 11) is 0. The first-order chi connectivity index (χ1) is 12.8. The van der Waals surface area contributed by atoms with E-state index in [1.54, 1.807) is 51.1 Å². The second-order valence-corrected chi connectivity index (χ2v) is 5.81. The third kappa shape index (κ3) is 5.53. The molecule has 142 valence electrons. The van der Waals surface area contributed by atoms with E-state index in [1.807, 2.05) is 0 Å². The lowest BCUT2D eigenvalue weighted by atomic mass is 10.1. The maximum absolute atomic E-state index is 12.3. The molecule has 0 spiro atoms. The van der Waals surface area contributed by atoms with Crippen molar-refractivity contribution in [2.75, 3.05) is 22.6 Å². The molecule has 0 saturated heterocycles. The van der Waals surface area contributed by atoms with Gasteiger partial charge in [0.05, 0.1) is 29.2 Å². The van der Waals surface area contributed by atoms with Crippen LogP contribution in [0.5, 0.6) is 0 Å². The van der Waals surface area contributed by atoms with Gasteiger partial charge in [-0.05, 0) is 51.1 Å². The third-order valence-corrected chi connectivity index (χ3v) is 3.61. The molecule has 0 aliphatic heterocycles. The van der Waals surface area contributed by atoms with Gasteiger partial charge < -0.3 is 20.7 Å². The number of benzene rings is 1. The Kier molecular flexibility index (Phi) is 6.48. The van der Waals surface area contributed by atoms with Crippen LogP contribution in [0.2, 0.25) is 0 Å². The number of aromatic nitrogens is 1. The molecular formula is C19H22N4O4. The Morgan fingerprint density at radius 1 is 0.963 bits per heavy atom. The smallest absolute Gasteiger partial charge is 0.340 e. The number of carbonyl (C=O) groups is 3. The van der Waals surface area contributed by atoms with E-state index in [-0.39, 0.29) is 12.5 Å². The van der Waals surface area contributed by atoms with Crippen LogP contribution in [0.4, 0.5) is 21.9 Å². The standard InChI is InChI=1S/C19H22N4O4/c1-5-27-18(25)16-10-17(12(3)20-11(16)2)23-19(26)22-15-8-6-14(7-9-15)21-13(4)24/h6-10H,5H2,1-4H3,(H,21,24)(H2,22,23,26). The number of hydrogen-bond donors (Lipinski definition) is 3. The van der Waals surface area contributed by atoms with Gasteiger partial charge >= 0.3 is 12.0 Å². The molecular weight excluding hydrogens is 348 g/mol. The summed E-state index contributed by atoms with van der Waals surface area (Å²) in [6.07, 6.45) is 0. The maximum atomic E-state index is 12.3. The van der Waals surface area contributed by atoms with E-state index >= 15 is 0 Å². The molecule has 3 N–H and O–H groups in total. The zero-order valence-corrected chi connectivity index (χ0v) is 15.7. The number of esters is 1. The SMILES string of the molecule is CCOC(=O)c1cc(NC(=O)Nc2ccc(NC(C)=O)cc2)c(C)nc1C. The van der Waals surface area contributed by atoms with Gasteiger partial charge in [-0.2, -0.15) is 0 Å². The van der Waals surface area contributed by atoms with E-state index in [1.165, 1.54) is 6.92 Å². The number of nitrogens with zero attached hydrogens (tertiary/aromatic N) is 1. The van der Waals surface area contributed by atoms with Gasteiger partial charge in [0, 0.05) is 18.3 Å². The second-order valence-electron chi connectivity index (χ2n) is 5.81. The molecule has 8 heteroatoms. The lowest BCUT2D eigenvalue weighted by molar-refractivity contribution is -0.114. The minimum absolute atomic E-state index is 0.173. The van der Waals surface area contributed by atoms with E-state index in [4.69, 9.17) is 4.74 Å². The van der Waals surface area contributed by atoms with Gasteiger partial charge in [0.15, 0.2) is 0 Å². The predicted molar refractivity (Wildman–Crippen MR) is 103 cm³/mol. The van der Waals surface area contributed by atoms with Gasteiger partial charge in [0.1, 0.15) is 0 Å². The number of pyridine rings is 1. The number of hydrogen-bond acceptors (Lipinski definition) is 5. The second kappa shape index (κ2) is 8.79. The minimum Gasteiger partial charge on any atom is -0.462 e. The van der Waals surface area contributed by atoms with Gasteiger partial charge in [-0.15, -0.1) is 0 Å². The molecule has 0 atom stereocenters. The number of rotatable bonds is 5. The Balaban J connectivity index is 2.09. The third-order valence-electron chi connectivity index (χ3n) is 3.61. The summed E-state index contributed by atoms with van der Waals surface area (Å²) in [6, 6.07) is 7.74. The van der Waals surface area contributed by atoms with E-state index < -0.39 is 12.0 Å². The number of ether oxygens (including phenoxy) is 1. The molecule has 0 saturated carbocycles. The quantitative estimate of drug-likeness (QED) is 0.698. The van der Waals surface area contributed by atoms with Crippen LogP contribution in [0.3, 0.4) is 0 Å². The molecule has 0 aliphatic carbocycles. The van der Waals surface area contributed by atoms with Crippen molar-refractivity contribution in [3.63, 3.8) is 0 Å². The number of nitrogens with one attached hydrogen (secondary N) is 3. The van der Waals surface area contributed by atoms with Gasteiger partial charge in [-0.25, -0.2) is 9.59 Å². The van der Waals surface area contributed by atoms with Gasteiger partial charge in [0.25, 0.3) is 0 Å². The van der Waals surface area contributed by atoms with Crippen molar-refractivity contribution in [3.05, 3.63) is 47.3 Å². The normalized spacial score (nSPS) is 10.1. The molecule has 0 fully saturated rings. The van der Waals surface area contributed by atoms with E-state index in [9.17, 15) is 14.4 Å². The summed E-state index contributed by atoms with van der Waals surface area (Å²) in [5, 5.41) is 8.01. The van der Waals surface area contributed by atoms with Crippen LogP contribution >= 0.6 is 0 Å². The molecule has 1 heterocycles. The van der Waals surface area contributed by atoms with Crippen molar-refractivity contribution in [1.82, 2.24) is 4.98 Å². The molecule has 2 aromatic rings. The average molecular weight is 370 g/mol. The molecule has 27 heavy (non-hydrogen) atoms. The van der Waals surface area contributed by atoms with Crippen molar-refractivity contribution >= 4 is 35.0 Å². The van der Waals surface area contributed by atoms with Gasteiger partial charge in [0.2, 0.25) is 5.91 Å². The Morgan fingerprint density at radius 3 is 2.11 bits per heavy atom. The summed E-state index contributed by atoms with van der Waals surface area (Å²) in [5.74, 6) is -0.660. The van der Waals surface area contributed by atoms with Crippen LogP contribution in [-0.2, 0) is 9.53 Å². The number of urea groups is 1. The molecule has 0 unspecified atom stereocenters. The fraction of sp³-hybridized carbons (Fsp3) is 0.263. The van der Waals surface area contributed by atoms with Crippen molar-refractivity contribution in [2.24, 2.45) is 0 Å². The van der Waals surface area contributed by atoms with Crippen LogP contribution in [0.15, 0.2) is 30.3 Å². The number of carbonyl (C=O) groups excluding carboxylic acids is 3. The van der Waals surface area contributed by atoms with Crippen molar-refractivity contribution in [3.8, 4) is 0 Å². The Morgan fingerprint density at radius 2 is 1.56 bits per heavy atom. The first kappa shape index (κ1) is 19.9. The average Bonchev–Trinajstić information content (AvgIpc) is 2.58. The monoisotopic (exact) mass is 370 g/mol. The van der Waals surface area contributed by atoms with Crippen LogP contribution in [0.1, 0.15) is 35.6 Å². The summed E-state index contributed by atoms with van der Waals surface area (Å²) in [6.45, 7) is 6.84. The fourth-order valence-electron chi connectivity index (χ4n) is 2.39. The summed E-state index contributed by atoms with van der Waals surface area (Å²) < 4.78 is 5.01. The molecule has 1 aromatic heterocycles. The highest BCUT2D eigenvalue weighted by molar-refractivity contribution is 6.01. The van der Waals surface area contributed by atoms with Crippen molar-refractivity contribution < 1.29 is 19.1 Å². The van der Waals surface area contributed by atoms with Crippen LogP contribution in [0.25, 0.3) is 0 Å². The number of aryl methyl sites for hydroxylation is 2. The summed E-state index contributed by atoms with van der Waals surface area (Å²) in [5.41, 5.74) is 3.01. The van der Waals surface area contributed by atoms with Gasteiger partial charge in [-0.3, -0.25) is 9.78 Å². The molecule has 1 aromatic carbocycles. The van der Waals surface area contributed by atoms with Gasteiger partial charge in [-0.1, -0.05) is 0 Å². The Bertz CT molecular complexity index is 863. The first-order valence-electron chi connectivity index (χ1n) is 8.41. The molecule has 0 aliphatic rings. The molecule has 0 bridgehead atoms. The van der Waals surface area contributed by atoms with E-state index in [0.717, 1.165) is 0 Å². The molecule has 2 rings (SSSR count). The van der Waals surface area contributed by atoms with Crippen molar-refractivity contribution in [2.45, 2.75) is 27.7 Å². The first-order valence-corrected chi connectivity index (χ1v) is 8.41. The molecule has 8 nitrogen and oxygen atoms in total. The zero-order chi connectivity index (χ0) is 20.0. The number of amides is 3. The Hall–Kier alpha value is -3.42. The highest BCUT2D eigenvalue weighted by atomic mass is 16.5. The number of anilines is 3.